The van der Waals surface area contributed by atoms with Gasteiger partial charge in [-0.25, -0.2) is 4.98 Å². The van der Waals surface area contributed by atoms with E-state index < -0.39 is 0 Å². The van der Waals surface area contributed by atoms with E-state index in [1.54, 1.807) is 35.9 Å². The maximum Gasteiger partial charge on any atom is 0.266 e. The van der Waals surface area contributed by atoms with E-state index in [-0.39, 0.29) is 5.56 Å². The third kappa shape index (κ3) is 3.55. The second-order valence-electron chi connectivity index (χ2n) is 7.35. The van der Waals surface area contributed by atoms with E-state index in [0.717, 1.165) is 16.3 Å². The van der Waals surface area contributed by atoms with Gasteiger partial charge < -0.3 is 4.74 Å². The number of ether oxygens (including phenoxy) is 1. The second kappa shape index (κ2) is 8.33. The summed E-state index contributed by atoms with van der Waals surface area (Å²) in [6.45, 7) is 0. The molecule has 156 valence electrons. The number of rotatable bonds is 4. The zero-order valence-electron chi connectivity index (χ0n) is 17.3. The largest absolute Gasteiger partial charge is 0.495 e. The van der Waals surface area contributed by atoms with Crippen molar-refractivity contribution in [3.63, 3.8) is 0 Å². The van der Waals surface area contributed by atoms with Crippen LogP contribution in [0.25, 0.3) is 39.5 Å². The summed E-state index contributed by atoms with van der Waals surface area (Å²) in [4.78, 5) is 18.2. The molecule has 0 radical (unpaired) electrons. The van der Waals surface area contributed by atoms with Crippen LogP contribution in [0.5, 0.6) is 5.75 Å². The third-order valence-electron chi connectivity index (χ3n) is 5.43. The highest BCUT2D eigenvalue weighted by Gasteiger charge is 2.13. The van der Waals surface area contributed by atoms with E-state index in [9.17, 15) is 4.79 Å². The van der Waals surface area contributed by atoms with Gasteiger partial charge in [0, 0.05) is 0 Å². The zero-order chi connectivity index (χ0) is 22.1. The number of nitrogens with zero attached hydrogens (tertiary/aromatic N) is 2. The summed E-state index contributed by atoms with van der Waals surface area (Å²) >= 11 is 6.36. The molecule has 1 aromatic heterocycles. The minimum absolute atomic E-state index is 0.158. The Morgan fingerprint density at radius 2 is 1.62 bits per heavy atom. The Kier molecular flexibility index (Phi) is 5.21. The molecule has 0 aliphatic rings. The molecule has 0 amide bonds. The topological polar surface area (TPSA) is 44.1 Å². The van der Waals surface area contributed by atoms with Crippen LogP contribution in [-0.2, 0) is 0 Å². The van der Waals surface area contributed by atoms with Crippen molar-refractivity contribution in [2.75, 3.05) is 7.11 Å². The summed E-state index contributed by atoms with van der Waals surface area (Å²) in [6, 6.07) is 27.0. The monoisotopic (exact) mass is 438 g/mol. The van der Waals surface area contributed by atoms with Gasteiger partial charge in [-0.2, -0.15) is 0 Å². The lowest BCUT2D eigenvalue weighted by Gasteiger charge is -2.13. The van der Waals surface area contributed by atoms with Crippen molar-refractivity contribution in [1.82, 2.24) is 9.55 Å². The summed E-state index contributed by atoms with van der Waals surface area (Å²) in [5.74, 6) is 1.06. The fourth-order valence-electron chi connectivity index (χ4n) is 3.87. The Balaban J connectivity index is 1.73. The molecule has 0 atom stereocenters. The fourth-order valence-corrected chi connectivity index (χ4v) is 4.12. The Bertz CT molecular complexity index is 1550. The SMILES string of the molecule is COc1ccc(-n2c(/C=C/c3cccc4ccccc34)nc3ccccc3c2=O)cc1Cl. The minimum atomic E-state index is -0.158. The van der Waals surface area contributed by atoms with Crippen LogP contribution < -0.4 is 10.3 Å². The first-order chi connectivity index (χ1) is 15.7. The van der Waals surface area contributed by atoms with E-state index in [4.69, 9.17) is 21.3 Å². The Morgan fingerprint density at radius 1 is 0.875 bits per heavy atom. The Morgan fingerprint density at radius 3 is 2.44 bits per heavy atom. The first kappa shape index (κ1) is 20.0. The van der Waals surface area contributed by atoms with E-state index in [1.807, 2.05) is 54.6 Å². The van der Waals surface area contributed by atoms with Crippen LogP contribution in [0.1, 0.15) is 11.4 Å². The van der Waals surface area contributed by atoms with Crippen LogP contribution in [-0.4, -0.2) is 16.7 Å². The van der Waals surface area contributed by atoms with E-state index in [0.29, 0.717) is 33.2 Å². The first-order valence-electron chi connectivity index (χ1n) is 10.2. The van der Waals surface area contributed by atoms with Crippen molar-refractivity contribution in [3.05, 3.63) is 112 Å². The molecule has 0 fully saturated rings. The molecule has 0 spiro atoms. The summed E-state index contributed by atoms with van der Waals surface area (Å²) in [6.07, 6.45) is 3.86. The van der Waals surface area contributed by atoms with Gasteiger partial charge in [0.1, 0.15) is 11.6 Å². The van der Waals surface area contributed by atoms with E-state index >= 15 is 0 Å². The number of hydrogen-bond donors (Lipinski definition) is 0. The lowest BCUT2D eigenvalue weighted by Crippen LogP contribution is -2.22. The molecule has 0 aliphatic carbocycles. The van der Waals surface area contributed by atoms with Gasteiger partial charge in [0.15, 0.2) is 0 Å². The average molecular weight is 439 g/mol. The van der Waals surface area contributed by atoms with Crippen LogP contribution in [0.2, 0.25) is 5.02 Å². The van der Waals surface area contributed by atoms with Gasteiger partial charge in [-0.3, -0.25) is 9.36 Å². The molecule has 5 heteroatoms. The quantitative estimate of drug-likeness (QED) is 0.327. The maximum atomic E-state index is 13.5. The van der Waals surface area contributed by atoms with Gasteiger partial charge >= 0.3 is 0 Å². The smallest absolute Gasteiger partial charge is 0.266 e. The number of aromatic nitrogens is 2. The lowest BCUT2D eigenvalue weighted by atomic mass is 10.0. The average Bonchev–Trinajstić information content (AvgIpc) is 2.83. The van der Waals surface area contributed by atoms with Gasteiger partial charge in [-0.15, -0.1) is 0 Å². The van der Waals surface area contributed by atoms with Crippen molar-refractivity contribution in [3.8, 4) is 11.4 Å². The number of hydrogen-bond acceptors (Lipinski definition) is 3. The van der Waals surface area contributed by atoms with Crippen molar-refractivity contribution in [2.24, 2.45) is 0 Å². The molecular weight excluding hydrogens is 420 g/mol. The normalized spacial score (nSPS) is 11.4. The van der Waals surface area contributed by atoms with E-state index in [2.05, 4.69) is 18.2 Å². The van der Waals surface area contributed by atoms with Crippen molar-refractivity contribution >= 4 is 45.4 Å². The number of fused-ring (bicyclic) bond motifs is 2. The lowest BCUT2D eigenvalue weighted by molar-refractivity contribution is 0.415. The molecule has 0 unspecified atom stereocenters. The zero-order valence-corrected chi connectivity index (χ0v) is 18.1. The molecule has 0 N–H and O–H groups in total. The van der Waals surface area contributed by atoms with Crippen LogP contribution in [0.3, 0.4) is 0 Å². The first-order valence-corrected chi connectivity index (χ1v) is 10.5. The summed E-state index contributed by atoms with van der Waals surface area (Å²) in [5.41, 5.74) is 2.15. The Labute approximate surface area is 190 Å². The number of halogens is 1. The molecule has 0 bridgehead atoms. The van der Waals surface area contributed by atoms with Crippen LogP contribution in [0.4, 0.5) is 0 Å². The van der Waals surface area contributed by atoms with Crippen molar-refractivity contribution in [2.45, 2.75) is 0 Å². The van der Waals surface area contributed by atoms with Gasteiger partial charge in [0.2, 0.25) is 0 Å². The Hall–Kier alpha value is -3.89. The molecule has 4 nitrogen and oxygen atoms in total. The maximum absolute atomic E-state index is 13.5. The van der Waals surface area contributed by atoms with Gasteiger partial charge in [-0.1, -0.05) is 72.3 Å². The highest BCUT2D eigenvalue weighted by molar-refractivity contribution is 6.32. The van der Waals surface area contributed by atoms with Crippen molar-refractivity contribution < 1.29 is 4.74 Å². The fraction of sp³-hybridized carbons (Fsp3) is 0.0370. The predicted octanol–water partition coefficient (Wildman–Crippen LogP) is 6.37. The molecule has 0 saturated carbocycles. The molecule has 5 rings (SSSR count). The molecule has 5 aromatic rings. The standard InChI is InChI=1S/C27H19ClN2O2/c1-32-25-15-14-20(17-23(25)28)30-26(29-24-12-5-4-11-22(24)27(30)31)16-13-19-9-6-8-18-7-2-3-10-21(18)19/h2-17H,1H3/b16-13+. The molecule has 4 aromatic carbocycles. The number of methoxy groups -OCH3 is 1. The number of para-hydroxylation sites is 1. The summed E-state index contributed by atoms with van der Waals surface area (Å²) in [5, 5.41) is 3.25. The van der Waals surface area contributed by atoms with Crippen LogP contribution in [0, 0.1) is 0 Å². The van der Waals surface area contributed by atoms with E-state index in [1.165, 1.54) is 0 Å². The molecule has 0 aliphatic heterocycles. The van der Waals surface area contributed by atoms with Gasteiger partial charge in [-0.05, 0) is 52.7 Å². The predicted molar refractivity (Wildman–Crippen MR) is 132 cm³/mol. The highest BCUT2D eigenvalue weighted by atomic mass is 35.5. The van der Waals surface area contributed by atoms with Crippen LogP contribution >= 0.6 is 11.6 Å². The third-order valence-corrected chi connectivity index (χ3v) is 5.73. The molecule has 32 heavy (non-hydrogen) atoms. The molecule has 1 heterocycles. The summed E-state index contributed by atoms with van der Waals surface area (Å²) < 4.78 is 6.84. The summed E-state index contributed by atoms with van der Waals surface area (Å²) in [7, 11) is 1.56. The van der Waals surface area contributed by atoms with Crippen molar-refractivity contribution in [1.29, 1.82) is 0 Å². The molecular formula is C27H19ClN2O2. The minimum Gasteiger partial charge on any atom is -0.495 e. The van der Waals surface area contributed by atoms with Gasteiger partial charge in [0.05, 0.1) is 28.7 Å². The number of benzene rings is 4. The molecule has 0 saturated heterocycles. The second-order valence-corrected chi connectivity index (χ2v) is 7.76. The highest BCUT2D eigenvalue weighted by Crippen LogP contribution is 2.27. The van der Waals surface area contributed by atoms with Gasteiger partial charge in [0.25, 0.3) is 5.56 Å². The van der Waals surface area contributed by atoms with Crippen LogP contribution in [0.15, 0.2) is 89.7 Å².